The van der Waals surface area contributed by atoms with Gasteiger partial charge in [-0.3, -0.25) is 9.80 Å². The largest absolute Gasteiger partial charge is 0.394 e. The summed E-state index contributed by atoms with van der Waals surface area (Å²) in [6, 6.07) is 1.49. The summed E-state index contributed by atoms with van der Waals surface area (Å²) < 4.78 is 0. The molecule has 1 saturated carbocycles. The second-order valence-corrected chi connectivity index (χ2v) is 7.44. The summed E-state index contributed by atoms with van der Waals surface area (Å²) in [5, 5.41) is 13.6. The van der Waals surface area contributed by atoms with Crippen molar-refractivity contribution in [3.05, 3.63) is 0 Å². The molecule has 3 aliphatic rings. The smallest absolute Gasteiger partial charge is 0.0613 e. The molecule has 3 fully saturated rings. The van der Waals surface area contributed by atoms with Crippen LogP contribution in [0.5, 0.6) is 0 Å². The van der Waals surface area contributed by atoms with Gasteiger partial charge in [-0.2, -0.15) is 0 Å². The van der Waals surface area contributed by atoms with Crippen molar-refractivity contribution in [2.45, 2.75) is 69.5 Å². The van der Waals surface area contributed by atoms with Gasteiger partial charge in [-0.25, -0.2) is 0 Å². The fourth-order valence-electron chi connectivity index (χ4n) is 4.74. The zero-order chi connectivity index (χ0) is 14.7. The summed E-state index contributed by atoms with van der Waals surface area (Å²) in [4.78, 5) is 5.43. The predicted molar refractivity (Wildman–Crippen MR) is 86.5 cm³/mol. The van der Waals surface area contributed by atoms with E-state index in [1.54, 1.807) is 0 Å². The molecule has 2 saturated heterocycles. The Labute approximate surface area is 129 Å². The van der Waals surface area contributed by atoms with E-state index in [1.165, 1.54) is 51.9 Å². The normalized spacial score (nSPS) is 38.6. The molecule has 0 aromatic rings. The monoisotopic (exact) mass is 295 g/mol. The highest BCUT2D eigenvalue weighted by atomic mass is 16.3. The maximum Gasteiger partial charge on any atom is 0.0613 e. The molecule has 0 radical (unpaired) electrons. The van der Waals surface area contributed by atoms with Gasteiger partial charge in [-0.15, -0.1) is 0 Å². The molecule has 21 heavy (non-hydrogen) atoms. The van der Waals surface area contributed by atoms with Gasteiger partial charge in [-0.1, -0.05) is 6.92 Å². The first-order valence-corrected chi connectivity index (χ1v) is 9.10. The van der Waals surface area contributed by atoms with E-state index in [2.05, 4.69) is 22.0 Å². The highest BCUT2D eigenvalue weighted by Gasteiger charge is 2.40. The van der Waals surface area contributed by atoms with Crippen LogP contribution in [0.4, 0.5) is 0 Å². The summed E-state index contributed by atoms with van der Waals surface area (Å²) >= 11 is 0. The number of aliphatic hydroxyl groups is 1. The Kier molecular flexibility index (Phi) is 5.20. The second kappa shape index (κ2) is 6.95. The van der Waals surface area contributed by atoms with Crippen molar-refractivity contribution in [2.75, 3.05) is 39.3 Å². The molecule has 3 rings (SSSR count). The average Bonchev–Trinajstić information content (AvgIpc) is 3.00. The lowest BCUT2D eigenvalue weighted by Gasteiger charge is -2.48. The molecular weight excluding hydrogens is 262 g/mol. The molecule has 2 heterocycles. The summed E-state index contributed by atoms with van der Waals surface area (Å²) in [6.45, 7) is 8.61. The molecule has 4 nitrogen and oxygen atoms in total. The molecule has 0 spiro atoms. The van der Waals surface area contributed by atoms with E-state index in [1.807, 2.05) is 0 Å². The van der Waals surface area contributed by atoms with E-state index >= 15 is 0 Å². The third-order valence-corrected chi connectivity index (χ3v) is 6.01. The number of rotatable bonds is 5. The maximum atomic E-state index is 9.95. The van der Waals surface area contributed by atoms with Crippen LogP contribution in [-0.2, 0) is 0 Å². The first-order valence-electron chi connectivity index (χ1n) is 9.10. The Morgan fingerprint density at radius 3 is 2.71 bits per heavy atom. The lowest BCUT2D eigenvalue weighted by molar-refractivity contribution is 0.0205. The minimum atomic E-state index is -0.00820. The van der Waals surface area contributed by atoms with Crippen molar-refractivity contribution >= 4 is 0 Å². The molecule has 3 atom stereocenters. The van der Waals surface area contributed by atoms with Gasteiger partial charge < -0.3 is 10.4 Å². The SMILES string of the molecule is CCCNC1(CO)CCCC(N2CCN3CCCC3C2)C1. The Hall–Kier alpha value is -0.160. The topological polar surface area (TPSA) is 38.7 Å². The van der Waals surface area contributed by atoms with E-state index in [0.717, 1.165) is 31.8 Å². The minimum Gasteiger partial charge on any atom is -0.394 e. The Morgan fingerprint density at radius 2 is 1.90 bits per heavy atom. The second-order valence-electron chi connectivity index (χ2n) is 7.44. The quantitative estimate of drug-likeness (QED) is 0.805. The number of fused-ring (bicyclic) bond motifs is 1. The Balaban J connectivity index is 1.59. The van der Waals surface area contributed by atoms with Crippen LogP contribution in [0.1, 0.15) is 51.9 Å². The first kappa shape index (κ1) is 15.7. The molecule has 0 bridgehead atoms. The molecule has 4 heteroatoms. The number of nitrogens with zero attached hydrogens (tertiary/aromatic N) is 2. The van der Waals surface area contributed by atoms with E-state index in [9.17, 15) is 5.11 Å². The van der Waals surface area contributed by atoms with Crippen molar-refractivity contribution in [3.63, 3.8) is 0 Å². The molecular formula is C17H33N3O. The summed E-state index contributed by atoms with van der Waals surface area (Å²) in [7, 11) is 0. The van der Waals surface area contributed by atoms with Crippen molar-refractivity contribution in [2.24, 2.45) is 0 Å². The van der Waals surface area contributed by atoms with Crippen molar-refractivity contribution < 1.29 is 5.11 Å². The molecule has 2 N–H and O–H groups in total. The van der Waals surface area contributed by atoms with Crippen molar-refractivity contribution in [1.29, 1.82) is 0 Å². The molecule has 3 unspecified atom stereocenters. The van der Waals surface area contributed by atoms with Crippen LogP contribution >= 0.6 is 0 Å². The third kappa shape index (κ3) is 3.44. The van der Waals surface area contributed by atoms with Gasteiger partial charge >= 0.3 is 0 Å². The zero-order valence-corrected chi connectivity index (χ0v) is 13.7. The summed E-state index contributed by atoms with van der Waals surface area (Å²) in [5.41, 5.74) is -0.00820. The van der Waals surface area contributed by atoms with Gasteiger partial charge in [0.25, 0.3) is 0 Å². The van der Waals surface area contributed by atoms with Crippen LogP contribution in [0, 0.1) is 0 Å². The maximum absolute atomic E-state index is 9.95. The average molecular weight is 295 g/mol. The molecule has 1 aliphatic carbocycles. The van der Waals surface area contributed by atoms with E-state index in [0.29, 0.717) is 12.6 Å². The summed E-state index contributed by atoms with van der Waals surface area (Å²) in [6.07, 6.45) is 8.78. The van der Waals surface area contributed by atoms with Crippen LogP contribution in [-0.4, -0.2) is 71.9 Å². The number of hydrogen-bond donors (Lipinski definition) is 2. The molecule has 0 aromatic heterocycles. The fourth-order valence-corrected chi connectivity index (χ4v) is 4.74. The molecule has 0 amide bonds. The van der Waals surface area contributed by atoms with Crippen molar-refractivity contribution in [1.82, 2.24) is 15.1 Å². The van der Waals surface area contributed by atoms with Gasteiger partial charge in [-0.05, 0) is 58.0 Å². The van der Waals surface area contributed by atoms with E-state index < -0.39 is 0 Å². The number of hydrogen-bond acceptors (Lipinski definition) is 4. The number of nitrogens with one attached hydrogen (secondary N) is 1. The first-order chi connectivity index (χ1) is 10.3. The van der Waals surface area contributed by atoms with Gasteiger partial charge in [0.2, 0.25) is 0 Å². The van der Waals surface area contributed by atoms with Gasteiger partial charge in [0, 0.05) is 37.3 Å². The van der Waals surface area contributed by atoms with E-state index in [-0.39, 0.29) is 5.54 Å². The molecule has 0 aromatic carbocycles. The third-order valence-electron chi connectivity index (χ3n) is 6.01. The minimum absolute atomic E-state index is 0.00820. The lowest BCUT2D eigenvalue weighted by atomic mass is 9.78. The number of piperazine rings is 1. The number of aliphatic hydroxyl groups excluding tert-OH is 1. The summed E-state index contributed by atoms with van der Waals surface area (Å²) in [5.74, 6) is 0. The van der Waals surface area contributed by atoms with Gasteiger partial charge in [0.1, 0.15) is 0 Å². The lowest BCUT2D eigenvalue weighted by Crippen LogP contribution is -2.59. The zero-order valence-electron chi connectivity index (χ0n) is 13.7. The van der Waals surface area contributed by atoms with Crippen LogP contribution in [0.3, 0.4) is 0 Å². The highest BCUT2D eigenvalue weighted by Crippen LogP contribution is 2.33. The van der Waals surface area contributed by atoms with Crippen LogP contribution < -0.4 is 5.32 Å². The Bertz CT molecular complexity index is 338. The van der Waals surface area contributed by atoms with Crippen molar-refractivity contribution in [3.8, 4) is 0 Å². The molecule has 2 aliphatic heterocycles. The van der Waals surface area contributed by atoms with Crippen LogP contribution in [0.2, 0.25) is 0 Å². The van der Waals surface area contributed by atoms with E-state index in [4.69, 9.17) is 0 Å². The predicted octanol–water partition coefficient (Wildman–Crippen LogP) is 1.44. The van der Waals surface area contributed by atoms with Crippen LogP contribution in [0.15, 0.2) is 0 Å². The van der Waals surface area contributed by atoms with Gasteiger partial charge in [0.05, 0.1) is 6.61 Å². The standard InChI is InChI=1S/C17H33N3O/c1-2-8-18-17(14-21)7-3-5-15(12-17)20-11-10-19-9-4-6-16(19)13-20/h15-16,18,21H,2-14H2,1H3. The fraction of sp³-hybridized carbons (Fsp3) is 1.00. The highest BCUT2D eigenvalue weighted by molar-refractivity contribution is 4.98. The Morgan fingerprint density at radius 1 is 1.10 bits per heavy atom. The molecule has 122 valence electrons. The van der Waals surface area contributed by atoms with Crippen LogP contribution in [0.25, 0.3) is 0 Å². The van der Waals surface area contributed by atoms with Gasteiger partial charge in [0.15, 0.2) is 0 Å².